The predicted octanol–water partition coefficient (Wildman–Crippen LogP) is 1.39. The Balaban J connectivity index is 1.67. The van der Waals surface area contributed by atoms with E-state index >= 15 is 0 Å². The van der Waals surface area contributed by atoms with Crippen molar-refractivity contribution in [2.75, 3.05) is 25.0 Å². The number of ether oxygens (including phenoxy) is 1. The number of aromatic nitrogens is 3. The lowest BCUT2D eigenvalue weighted by Gasteiger charge is -2.35. The fraction of sp³-hybridized carbons (Fsp3) is 0.471. The van der Waals surface area contributed by atoms with E-state index in [1.54, 1.807) is 28.6 Å². The molecule has 2 amide bonds. The maximum atomic E-state index is 13.3. The molecule has 140 valence electrons. The van der Waals surface area contributed by atoms with Crippen LogP contribution in [-0.2, 0) is 11.3 Å². The van der Waals surface area contributed by atoms with Crippen LogP contribution in [0, 0.1) is 12.7 Å². The van der Waals surface area contributed by atoms with E-state index in [2.05, 4.69) is 15.6 Å². The van der Waals surface area contributed by atoms with Gasteiger partial charge in [0.25, 0.3) is 0 Å². The number of anilines is 1. The number of urea groups is 1. The number of hydrogen-bond donors (Lipinski definition) is 2. The Morgan fingerprint density at radius 2 is 2.27 bits per heavy atom. The van der Waals surface area contributed by atoms with E-state index in [0.717, 1.165) is 5.56 Å². The van der Waals surface area contributed by atoms with Crippen molar-refractivity contribution < 1.29 is 19.0 Å². The first-order valence-electron chi connectivity index (χ1n) is 8.43. The van der Waals surface area contributed by atoms with Crippen molar-refractivity contribution >= 4 is 11.8 Å². The second-order valence-electron chi connectivity index (χ2n) is 6.40. The van der Waals surface area contributed by atoms with Crippen molar-refractivity contribution in [1.82, 2.24) is 19.9 Å². The fourth-order valence-corrected chi connectivity index (χ4v) is 2.93. The summed E-state index contributed by atoms with van der Waals surface area (Å²) in [6.45, 7) is 4.59. The lowest BCUT2D eigenvalue weighted by molar-refractivity contribution is -0.0822. The van der Waals surface area contributed by atoms with Crippen LogP contribution in [0.1, 0.15) is 18.2 Å². The summed E-state index contributed by atoms with van der Waals surface area (Å²) in [5, 5.41) is 20.1. The van der Waals surface area contributed by atoms with E-state index in [4.69, 9.17) is 4.74 Å². The molecule has 1 fully saturated rings. The Kier molecular flexibility index (Phi) is 5.48. The van der Waals surface area contributed by atoms with Gasteiger partial charge in [-0.2, -0.15) is 0 Å². The van der Waals surface area contributed by atoms with Gasteiger partial charge in [0.2, 0.25) is 0 Å². The molecule has 0 bridgehead atoms. The van der Waals surface area contributed by atoms with Crippen LogP contribution in [0.25, 0.3) is 0 Å². The standard InChI is InChI=1S/C17H22FN5O3/c1-11-7-22(9-15(10-24)26-11)17(25)19-16-12(2)23(21-20-16)8-13-4-3-5-14(18)6-13/h3-6,11,15,24H,7-10H2,1-2H3,(H,19,25). The molecule has 1 aliphatic heterocycles. The Labute approximate surface area is 150 Å². The zero-order valence-corrected chi connectivity index (χ0v) is 14.7. The number of carbonyl (C=O) groups is 1. The van der Waals surface area contributed by atoms with Gasteiger partial charge in [0.05, 0.1) is 37.6 Å². The third-order valence-corrected chi connectivity index (χ3v) is 4.25. The monoisotopic (exact) mass is 363 g/mol. The van der Waals surface area contributed by atoms with Crippen LogP contribution in [0.5, 0.6) is 0 Å². The molecular formula is C17H22FN5O3. The molecule has 1 aromatic carbocycles. The summed E-state index contributed by atoms with van der Waals surface area (Å²) >= 11 is 0. The average Bonchev–Trinajstić information content (AvgIpc) is 2.94. The van der Waals surface area contributed by atoms with E-state index in [0.29, 0.717) is 31.1 Å². The van der Waals surface area contributed by atoms with Crippen LogP contribution in [0.4, 0.5) is 15.0 Å². The summed E-state index contributed by atoms with van der Waals surface area (Å²) in [5.41, 5.74) is 1.42. The molecule has 0 spiro atoms. The van der Waals surface area contributed by atoms with Gasteiger partial charge in [-0.1, -0.05) is 17.3 Å². The number of morpholine rings is 1. The number of rotatable bonds is 4. The highest BCUT2D eigenvalue weighted by Crippen LogP contribution is 2.16. The van der Waals surface area contributed by atoms with Gasteiger partial charge in [-0.25, -0.2) is 13.9 Å². The van der Waals surface area contributed by atoms with Crippen LogP contribution in [-0.4, -0.2) is 62.9 Å². The SMILES string of the molecule is Cc1c(NC(=O)N2CC(C)OC(CO)C2)nnn1Cc1cccc(F)c1. The lowest BCUT2D eigenvalue weighted by Crippen LogP contribution is -2.51. The van der Waals surface area contributed by atoms with Crippen LogP contribution in [0.15, 0.2) is 24.3 Å². The van der Waals surface area contributed by atoms with Crippen molar-refractivity contribution in [2.45, 2.75) is 32.6 Å². The third kappa shape index (κ3) is 4.17. The largest absolute Gasteiger partial charge is 0.394 e. The number of halogens is 1. The summed E-state index contributed by atoms with van der Waals surface area (Å²) in [4.78, 5) is 14.1. The highest BCUT2D eigenvalue weighted by atomic mass is 19.1. The topological polar surface area (TPSA) is 92.5 Å². The van der Waals surface area contributed by atoms with Gasteiger partial charge in [-0.15, -0.1) is 5.10 Å². The number of nitrogens with one attached hydrogen (secondary N) is 1. The maximum absolute atomic E-state index is 13.3. The summed E-state index contributed by atoms with van der Waals surface area (Å²) in [5.74, 6) is 0.0414. The molecule has 8 nitrogen and oxygen atoms in total. The third-order valence-electron chi connectivity index (χ3n) is 4.25. The van der Waals surface area contributed by atoms with Gasteiger partial charge in [-0.3, -0.25) is 5.32 Å². The first-order chi connectivity index (χ1) is 12.5. The van der Waals surface area contributed by atoms with Crippen LogP contribution in [0.2, 0.25) is 0 Å². The quantitative estimate of drug-likeness (QED) is 0.856. The zero-order chi connectivity index (χ0) is 18.7. The smallest absolute Gasteiger partial charge is 0.323 e. The molecule has 2 unspecified atom stereocenters. The number of amides is 2. The maximum Gasteiger partial charge on any atom is 0.323 e. The molecule has 0 radical (unpaired) electrons. The molecule has 26 heavy (non-hydrogen) atoms. The van der Waals surface area contributed by atoms with Crippen molar-refractivity contribution in [3.05, 3.63) is 41.3 Å². The Bertz CT molecular complexity index is 782. The van der Waals surface area contributed by atoms with Crippen LogP contribution < -0.4 is 5.32 Å². The van der Waals surface area contributed by atoms with Crippen LogP contribution >= 0.6 is 0 Å². The molecule has 1 saturated heterocycles. The Hall–Kier alpha value is -2.52. The average molecular weight is 363 g/mol. The number of benzene rings is 1. The summed E-state index contributed by atoms with van der Waals surface area (Å²) in [7, 11) is 0. The van der Waals surface area contributed by atoms with E-state index in [1.807, 2.05) is 6.92 Å². The van der Waals surface area contributed by atoms with Gasteiger partial charge in [0, 0.05) is 6.54 Å². The molecule has 2 atom stereocenters. The van der Waals surface area contributed by atoms with Crippen molar-refractivity contribution in [3.8, 4) is 0 Å². The molecule has 2 N–H and O–H groups in total. The minimum Gasteiger partial charge on any atom is -0.394 e. The van der Waals surface area contributed by atoms with Gasteiger partial charge >= 0.3 is 6.03 Å². The second kappa shape index (κ2) is 7.79. The Morgan fingerprint density at radius 1 is 1.46 bits per heavy atom. The van der Waals surface area contributed by atoms with E-state index < -0.39 is 6.10 Å². The minimum atomic E-state index is -0.394. The number of carbonyl (C=O) groups excluding carboxylic acids is 1. The highest BCUT2D eigenvalue weighted by molar-refractivity contribution is 5.88. The van der Waals surface area contributed by atoms with Gasteiger partial charge in [-0.05, 0) is 31.5 Å². The molecule has 0 aliphatic carbocycles. The van der Waals surface area contributed by atoms with Gasteiger partial charge in [0.15, 0.2) is 5.82 Å². The number of nitrogens with zero attached hydrogens (tertiary/aromatic N) is 4. The van der Waals surface area contributed by atoms with Crippen LogP contribution in [0.3, 0.4) is 0 Å². The molecule has 0 saturated carbocycles. The molecule has 2 heterocycles. The second-order valence-corrected chi connectivity index (χ2v) is 6.40. The lowest BCUT2D eigenvalue weighted by atomic mass is 10.2. The van der Waals surface area contributed by atoms with E-state index in [-0.39, 0.29) is 24.6 Å². The first-order valence-corrected chi connectivity index (χ1v) is 8.43. The predicted molar refractivity (Wildman–Crippen MR) is 92.3 cm³/mol. The summed E-state index contributed by atoms with van der Waals surface area (Å²) < 4.78 is 20.4. The molecule has 3 rings (SSSR count). The van der Waals surface area contributed by atoms with Gasteiger partial charge in [0.1, 0.15) is 5.82 Å². The molecule has 1 aromatic heterocycles. The summed E-state index contributed by atoms with van der Waals surface area (Å²) in [6, 6.07) is 5.93. The first kappa shape index (κ1) is 18.3. The van der Waals surface area contributed by atoms with Crippen molar-refractivity contribution in [2.24, 2.45) is 0 Å². The van der Waals surface area contributed by atoms with Gasteiger partial charge < -0.3 is 14.7 Å². The molecular weight excluding hydrogens is 341 g/mol. The number of hydrogen-bond acceptors (Lipinski definition) is 5. The highest BCUT2D eigenvalue weighted by Gasteiger charge is 2.28. The van der Waals surface area contributed by atoms with Crippen molar-refractivity contribution in [1.29, 1.82) is 0 Å². The zero-order valence-electron chi connectivity index (χ0n) is 14.7. The summed E-state index contributed by atoms with van der Waals surface area (Å²) in [6.07, 6.45) is -0.550. The van der Waals surface area contributed by atoms with E-state index in [9.17, 15) is 14.3 Å². The van der Waals surface area contributed by atoms with Crippen molar-refractivity contribution in [3.63, 3.8) is 0 Å². The fourth-order valence-electron chi connectivity index (χ4n) is 2.93. The molecule has 9 heteroatoms. The molecule has 1 aliphatic rings. The normalized spacial score (nSPS) is 20.2. The number of aliphatic hydroxyl groups is 1. The van der Waals surface area contributed by atoms with E-state index in [1.165, 1.54) is 12.1 Å². The number of aliphatic hydroxyl groups excluding tert-OH is 1. The molecule has 2 aromatic rings. The Morgan fingerprint density at radius 3 is 3.00 bits per heavy atom. The minimum absolute atomic E-state index is 0.142.